The number of anilines is 3. The quantitative estimate of drug-likeness (QED) is 0.767. The third kappa shape index (κ3) is 4.80. The van der Waals surface area contributed by atoms with Crippen LogP contribution in [0.3, 0.4) is 0 Å². The minimum atomic E-state index is -0.169. The molecule has 0 spiro atoms. The normalized spacial score (nSPS) is 14.2. The van der Waals surface area contributed by atoms with Gasteiger partial charge in [-0.2, -0.15) is 0 Å². The van der Waals surface area contributed by atoms with Crippen molar-refractivity contribution in [3.63, 3.8) is 0 Å². The Bertz CT molecular complexity index is 745. The van der Waals surface area contributed by atoms with E-state index in [0.29, 0.717) is 15.7 Å². The van der Waals surface area contributed by atoms with Gasteiger partial charge in [-0.25, -0.2) is 0 Å². The van der Waals surface area contributed by atoms with Crippen molar-refractivity contribution in [1.82, 2.24) is 0 Å². The van der Waals surface area contributed by atoms with E-state index in [0.717, 1.165) is 24.5 Å². The van der Waals surface area contributed by atoms with Crippen molar-refractivity contribution in [2.45, 2.75) is 19.3 Å². The zero-order chi connectivity index (χ0) is 17.6. The molecular formula is C19H21Cl2N3O. The lowest BCUT2D eigenvalue weighted by molar-refractivity contribution is -0.114. The van der Waals surface area contributed by atoms with E-state index in [-0.39, 0.29) is 12.5 Å². The van der Waals surface area contributed by atoms with Crippen LogP contribution in [0.4, 0.5) is 17.1 Å². The zero-order valence-corrected chi connectivity index (χ0v) is 15.4. The van der Waals surface area contributed by atoms with Crippen LogP contribution in [0, 0.1) is 0 Å². The van der Waals surface area contributed by atoms with Gasteiger partial charge in [-0.05, 0) is 49.6 Å². The first-order valence-corrected chi connectivity index (χ1v) is 9.22. The first-order valence-electron chi connectivity index (χ1n) is 8.46. The Labute approximate surface area is 158 Å². The Morgan fingerprint density at radius 2 is 1.76 bits per heavy atom. The summed E-state index contributed by atoms with van der Waals surface area (Å²) in [6.45, 7) is 2.28. The molecule has 1 amide bonds. The predicted molar refractivity (Wildman–Crippen MR) is 106 cm³/mol. The fourth-order valence-electron chi connectivity index (χ4n) is 3.00. The number of nitrogens with one attached hydrogen (secondary N) is 2. The number of carbonyl (C=O) groups is 1. The first kappa shape index (κ1) is 17.9. The molecule has 132 valence electrons. The third-order valence-electron chi connectivity index (χ3n) is 4.24. The van der Waals surface area contributed by atoms with Crippen LogP contribution >= 0.6 is 23.2 Å². The van der Waals surface area contributed by atoms with Gasteiger partial charge < -0.3 is 15.5 Å². The lowest BCUT2D eigenvalue weighted by Crippen LogP contribution is -2.30. The number of carbonyl (C=O) groups excluding carboxylic acids is 1. The molecule has 3 rings (SSSR count). The standard InChI is InChI=1S/C19H21Cl2N3O/c20-14-8-9-15(21)17(12-14)23-19(25)13-22-16-6-2-3-7-18(16)24-10-4-1-5-11-24/h2-3,6-9,12,22H,1,4-5,10-11,13H2,(H,23,25). The summed E-state index contributed by atoms with van der Waals surface area (Å²) >= 11 is 12.0. The highest BCUT2D eigenvalue weighted by atomic mass is 35.5. The molecule has 0 atom stereocenters. The third-order valence-corrected chi connectivity index (χ3v) is 4.81. The van der Waals surface area contributed by atoms with Crippen LogP contribution in [-0.2, 0) is 4.79 Å². The molecule has 1 heterocycles. The summed E-state index contributed by atoms with van der Waals surface area (Å²) in [5, 5.41) is 7.02. The lowest BCUT2D eigenvalue weighted by Gasteiger charge is -2.30. The largest absolute Gasteiger partial charge is 0.374 e. The van der Waals surface area contributed by atoms with Gasteiger partial charge in [0.1, 0.15) is 0 Å². The predicted octanol–water partition coefficient (Wildman–Crippen LogP) is 5.03. The van der Waals surface area contributed by atoms with Crippen molar-refractivity contribution in [2.24, 2.45) is 0 Å². The smallest absolute Gasteiger partial charge is 0.243 e. The van der Waals surface area contributed by atoms with Crippen LogP contribution in [-0.4, -0.2) is 25.5 Å². The SMILES string of the molecule is O=C(CNc1ccccc1N1CCCCC1)Nc1cc(Cl)ccc1Cl. The van der Waals surface area contributed by atoms with Gasteiger partial charge in [-0.3, -0.25) is 4.79 Å². The van der Waals surface area contributed by atoms with E-state index in [1.807, 2.05) is 18.2 Å². The lowest BCUT2D eigenvalue weighted by atomic mass is 10.1. The summed E-state index contributed by atoms with van der Waals surface area (Å²) in [6, 6.07) is 13.1. The molecule has 2 aromatic carbocycles. The number of halogens is 2. The van der Waals surface area contributed by atoms with Crippen LogP contribution in [0.15, 0.2) is 42.5 Å². The number of rotatable bonds is 5. The van der Waals surface area contributed by atoms with Gasteiger partial charge in [0.2, 0.25) is 5.91 Å². The molecule has 1 aliphatic heterocycles. The molecule has 0 aliphatic carbocycles. The Morgan fingerprint density at radius 3 is 2.56 bits per heavy atom. The van der Waals surface area contributed by atoms with Crippen LogP contribution < -0.4 is 15.5 Å². The van der Waals surface area contributed by atoms with E-state index in [2.05, 4.69) is 21.6 Å². The number of hydrogen-bond acceptors (Lipinski definition) is 3. The van der Waals surface area contributed by atoms with Crippen molar-refractivity contribution in [2.75, 3.05) is 35.2 Å². The van der Waals surface area contributed by atoms with Gasteiger partial charge in [-0.15, -0.1) is 0 Å². The fraction of sp³-hybridized carbons (Fsp3) is 0.316. The zero-order valence-electron chi connectivity index (χ0n) is 13.9. The fourth-order valence-corrected chi connectivity index (χ4v) is 3.33. The number of amides is 1. The van der Waals surface area contributed by atoms with E-state index in [1.54, 1.807) is 18.2 Å². The Morgan fingerprint density at radius 1 is 1.00 bits per heavy atom. The van der Waals surface area contributed by atoms with Crippen molar-refractivity contribution in [3.05, 3.63) is 52.5 Å². The number of nitrogens with zero attached hydrogens (tertiary/aromatic N) is 1. The molecule has 0 saturated carbocycles. The van der Waals surface area contributed by atoms with E-state index in [9.17, 15) is 4.79 Å². The van der Waals surface area contributed by atoms with Gasteiger partial charge in [0.05, 0.1) is 28.6 Å². The summed E-state index contributed by atoms with van der Waals surface area (Å²) in [4.78, 5) is 14.6. The molecule has 2 N–H and O–H groups in total. The summed E-state index contributed by atoms with van der Waals surface area (Å²) < 4.78 is 0. The molecule has 1 fully saturated rings. The number of piperidine rings is 1. The van der Waals surface area contributed by atoms with Crippen molar-refractivity contribution < 1.29 is 4.79 Å². The summed E-state index contributed by atoms with van der Waals surface area (Å²) in [5.41, 5.74) is 2.64. The molecule has 0 unspecified atom stereocenters. The first-order chi connectivity index (χ1) is 12.1. The minimum absolute atomic E-state index is 0.160. The second-order valence-corrected chi connectivity index (χ2v) is 6.93. The number of para-hydroxylation sites is 2. The summed E-state index contributed by atoms with van der Waals surface area (Å²) in [7, 11) is 0. The molecule has 0 radical (unpaired) electrons. The molecule has 0 aromatic heterocycles. The molecule has 1 saturated heterocycles. The van der Waals surface area contributed by atoms with Crippen LogP contribution in [0.1, 0.15) is 19.3 Å². The highest BCUT2D eigenvalue weighted by molar-refractivity contribution is 6.35. The Hall–Kier alpha value is -1.91. The van der Waals surface area contributed by atoms with Crippen molar-refractivity contribution in [1.29, 1.82) is 0 Å². The maximum absolute atomic E-state index is 12.2. The Balaban J connectivity index is 1.63. The Kier molecular flexibility index (Phi) is 6.05. The average molecular weight is 378 g/mol. The molecule has 4 nitrogen and oxygen atoms in total. The molecule has 25 heavy (non-hydrogen) atoms. The van der Waals surface area contributed by atoms with Crippen LogP contribution in [0.2, 0.25) is 10.0 Å². The number of benzene rings is 2. The second kappa shape index (κ2) is 8.45. The molecule has 6 heteroatoms. The van der Waals surface area contributed by atoms with E-state index >= 15 is 0 Å². The molecule has 0 bridgehead atoms. The van der Waals surface area contributed by atoms with Gasteiger partial charge in [0, 0.05) is 18.1 Å². The highest BCUT2D eigenvalue weighted by Gasteiger charge is 2.14. The van der Waals surface area contributed by atoms with E-state index in [1.165, 1.54) is 19.3 Å². The monoisotopic (exact) mass is 377 g/mol. The van der Waals surface area contributed by atoms with Gasteiger partial charge >= 0.3 is 0 Å². The second-order valence-electron chi connectivity index (χ2n) is 6.09. The maximum atomic E-state index is 12.2. The average Bonchev–Trinajstić information content (AvgIpc) is 2.64. The van der Waals surface area contributed by atoms with E-state index < -0.39 is 0 Å². The summed E-state index contributed by atoms with van der Waals surface area (Å²) in [6.07, 6.45) is 3.71. The summed E-state index contributed by atoms with van der Waals surface area (Å²) in [5.74, 6) is -0.169. The van der Waals surface area contributed by atoms with Crippen molar-refractivity contribution >= 4 is 46.2 Å². The van der Waals surface area contributed by atoms with Crippen molar-refractivity contribution in [3.8, 4) is 0 Å². The van der Waals surface area contributed by atoms with Gasteiger partial charge in [-0.1, -0.05) is 35.3 Å². The van der Waals surface area contributed by atoms with Crippen LogP contribution in [0.25, 0.3) is 0 Å². The van der Waals surface area contributed by atoms with E-state index in [4.69, 9.17) is 23.2 Å². The topological polar surface area (TPSA) is 44.4 Å². The molecular weight excluding hydrogens is 357 g/mol. The highest BCUT2D eigenvalue weighted by Crippen LogP contribution is 2.28. The van der Waals surface area contributed by atoms with Gasteiger partial charge in [0.15, 0.2) is 0 Å². The van der Waals surface area contributed by atoms with Gasteiger partial charge in [0.25, 0.3) is 0 Å². The van der Waals surface area contributed by atoms with Crippen LogP contribution in [0.5, 0.6) is 0 Å². The maximum Gasteiger partial charge on any atom is 0.243 e. The molecule has 2 aromatic rings. The molecule has 1 aliphatic rings. The number of hydrogen-bond donors (Lipinski definition) is 2. The minimum Gasteiger partial charge on any atom is -0.374 e.